The smallest absolute Gasteiger partial charge is 0.279 e. The minimum atomic E-state index is -1.34. The van der Waals surface area contributed by atoms with Crippen LogP contribution in [0.5, 0.6) is 0 Å². The molecule has 0 saturated heterocycles. The van der Waals surface area contributed by atoms with Crippen LogP contribution in [-0.2, 0) is 6.42 Å². The number of nitro groups is 2. The minimum absolute atomic E-state index is 0.166. The van der Waals surface area contributed by atoms with E-state index in [2.05, 4.69) is 0 Å². The van der Waals surface area contributed by atoms with Crippen molar-refractivity contribution in [1.82, 2.24) is 0 Å². The first-order valence-corrected chi connectivity index (χ1v) is 6.80. The van der Waals surface area contributed by atoms with Crippen molar-refractivity contribution in [1.29, 1.82) is 0 Å². The Kier molecular flexibility index (Phi) is 4.99. The van der Waals surface area contributed by atoms with E-state index in [0.29, 0.717) is 0 Å². The van der Waals surface area contributed by atoms with Crippen molar-refractivity contribution in [3.63, 3.8) is 0 Å². The molecule has 2 atom stereocenters. The van der Waals surface area contributed by atoms with Gasteiger partial charge < -0.3 is 10.8 Å². The zero-order valence-corrected chi connectivity index (χ0v) is 12.0. The summed E-state index contributed by atoms with van der Waals surface area (Å²) in [5.41, 5.74) is 5.78. The Labute approximate surface area is 131 Å². The molecule has 0 bridgehead atoms. The number of nitrogens with zero attached hydrogens (tertiary/aromatic N) is 2. The normalized spacial score (nSPS) is 13.3. The van der Waals surface area contributed by atoms with E-state index in [9.17, 15) is 25.3 Å². The highest BCUT2D eigenvalue weighted by Crippen LogP contribution is 2.33. The summed E-state index contributed by atoms with van der Waals surface area (Å²) in [5, 5.41) is 31.9. The van der Waals surface area contributed by atoms with Crippen LogP contribution in [0.25, 0.3) is 0 Å². The number of nitrogens with two attached hydrogens (primary N) is 1. The summed E-state index contributed by atoms with van der Waals surface area (Å²) in [6, 6.07) is 12.4. The van der Waals surface area contributed by atoms with Crippen LogP contribution in [0.15, 0.2) is 48.5 Å². The molecule has 0 spiro atoms. The van der Waals surface area contributed by atoms with Crippen LogP contribution in [0.3, 0.4) is 0 Å². The van der Waals surface area contributed by atoms with Gasteiger partial charge in [0.25, 0.3) is 11.4 Å². The van der Waals surface area contributed by atoms with Crippen LogP contribution in [0.1, 0.15) is 17.0 Å². The molecule has 3 N–H and O–H groups in total. The van der Waals surface area contributed by atoms with Gasteiger partial charge in [0.2, 0.25) is 0 Å². The Morgan fingerprint density at radius 2 is 1.70 bits per heavy atom. The fraction of sp³-hybridized carbons (Fsp3) is 0.200. The summed E-state index contributed by atoms with van der Waals surface area (Å²) in [5.74, 6) is -0.751. The molecule has 120 valence electrons. The predicted octanol–water partition coefficient (Wildman–Crippen LogP) is 2.11. The topological polar surface area (TPSA) is 133 Å². The molecule has 0 heterocycles. The molecule has 8 heteroatoms. The molecule has 23 heavy (non-hydrogen) atoms. The minimum Gasteiger partial charge on any atom is -0.378 e. The van der Waals surface area contributed by atoms with Gasteiger partial charge in [-0.2, -0.15) is 0 Å². The highest BCUT2D eigenvalue weighted by atomic mass is 16.6. The molecule has 0 aliphatic heterocycles. The van der Waals surface area contributed by atoms with Crippen molar-refractivity contribution in [3.8, 4) is 0 Å². The third-order valence-corrected chi connectivity index (χ3v) is 3.53. The lowest BCUT2D eigenvalue weighted by Gasteiger charge is -2.20. The van der Waals surface area contributed by atoms with Gasteiger partial charge >= 0.3 is 0 Å². The number of hydrogen-bond donors (Lipinski definition) is 2. The summed E-state index contributed by atoms with van der Waals surface area (Å²) in [6.07, 6.45) is -1.06. The summed E-state index contributed by atoms with van der Waals surface area (Å²) >= 11 is 0. The predicted molar refractivity (Wildman–Crippen MR) is 82.8 cm³/mol. The van der Waals surface area contributed by atoms with Crippen LogP contribution < -0.4 is 5.73 Å². The molecule has 2 aromatic rings. The van der Waals surface area contributed by atoms with E-state index in [4.69, 9.17) is 5.73 Å². The SMILES string of the molecule is NC(O)C(Cc1ccccc1)c1ccc([N+](=O)[O-])cc1[N+](=O)[O-]. The lowest BCUT2D eigenvalue weighted by Crippen LogP contribution is -2.29. The highest BCUT2D eigenvalue weighted by molar-refractivity contribution is 5.51. The molecule has 0 amide bonds. The molecule has 0 fully saturated rings. The van der Waals surface area contributed by atoms with Gasteiger partial charge in [-0.3, -0.25) is 20.2 Å². The first kappa shape index (κ1) is 16.5. The van der Waals surface area contributed by atoms with Crippen molar-refractivity contribution in [2.75, 3.05) is 0 Å². The zero-order chi connectivity index (χ0) is 17.0. The third-order valence-electron chi connectivity index (χ3n) is 3.53. The Morgan fingerprint density at radius 1 is 1.04 bits per heavy atom. The molecular weight excluding hydrogens is 302 g/mol. The molecule has 0 aliphatic rings. The molecule has 8 nitrogen and oxygen atoms in total. The average Bonchev–Trinajstić information content (AvgIpc) is 2.52. The number of aliphatic hydroxyl groups is 1. The summed E-state index contributed by atoms with van der Waals surface area (Å²) in [7, 11) is 0. The maximum Gasteiger partial charge on any atom is 0.279 e. The summed E-state index contributed by atoms with van der Waals surface area (Å²) in [6.45, 7) is 0. The standard InChI is InChI=1S/C15H15N3O5/c16-15(19)13(8-10-4-2-1-3-5-10)12-7-6-11(17(20)21)9-14(12)18(22)23/h1-7,9,13,15,19H,8,16H2. The molecule has 2 rings (SSSR count). The quantitative estimate of drug-likeness (QED) is 0.476. The second-order valence-electron chi connectivity index (χ2n) is 5.04. The van der Waals surface area contributed by atoms with E-state index in [-0.39, 0.29) is 17.7 Å². The number of rotatable bonds is 6. The van der Waals surface area contributed by atoms with Crippen molar-refractivity contribution in [2.24, 2.45) is 5.73 Å². The van der Waals surface area contributed by atoms with Crippen LogP contribution in [-0.4, -0.2) is 21.2 Å². The second-order valence-corrected chi connectivity index (χ2v) is 5.04. The fourth-order valence-corrected chi connectivity index (χ4v) is 2.40. The number of aliphatic hydroxyl groups excluding tert-OH is 1. The van der Waals surface area contributed by atoms with Gasteiger partial charge in [-0.25, -0.2) is 0 Å². The third kappa shape index (κ3) is 3.87. The Morgan fingerprint density at radius 3 is 2.22 bits per heavy atom. The molecule has 0 saturated carbocycles. The average molecular weight is 317 g/mol. The monoisotopic (exact) mass is 317 g/mol. The van der Waals surface area contributed by atoms with E-state index in [1.807, 2.05) is 18.2 Å². The number of benzene rings is 2. The van der Waals surface area contributed by atoms with Gasteiger partial charge in [0.05, 0.1) is 15.9 Å². The zero-order valence-electron chi connectivity index (χ0n) is 12.0. The maximum absolute atomic E-state index is 11.2. The van der Waals surface area contributed by atoms with E-state index < -0.39 is 27.7 Å². The van der Waals surface area contributed by atoms with Gasteiger partial charge in [-0.1, -0.05) is 30.3 Å². The number of nitro benzene ring substituents is 2. The molecule has 0 aliphatic carbocycles. The number of hydrogen-bond acceptors (Lipinski definition) is 6. The van der Waals surface area contributed by atoms with Crippen molar-refractivity contribution >= 4 is 11.4 Å². The van der Waals surface area contributed by atoms with E-state index >= 15 is 0 Å². The lowest BCUT2D eigenvalue weighted by molar-refractivity contribution is -0.394. The fourth-order valence-electron chi connectivity index (χ4n) is 2.40. The van der Waals surface area contributed by atoms with Gasteiger partial charge in [-0.05, 0) is 18.1 Å². The van der Waals surface area contributed by atoms with Gasteiger partial charge in [-0.15, -0.1) is 0 Å². The van der Waals surface area contributed by atoms with Gasteiger partial charge in [0, 0.05) is 17.5 Å². The first-order chi connectivity index (χ1) is 10.9. The largest absolute Gasteiger partial charge is 0.378 e. The molecule has 0 aromatic heterocycles. The van der Waals surface area contributed by atoms with Gasteiger partial charge in [0.15, 0.2) is 0 Å². The van der Waals surface area contributed by atoms with Crippen molar-refractivity contribution < 1.29 is 15.0 Å². The first-order valence-electron chi connectivity index (χ1n) is 6.80. The van der Waals surface area contributed by atoms with E-state index in [1.165, 1.54) is 12.1 Å². The van der Waals surface area contributed by atoms with Crippen molar-refractivity contribution in [3.05, 3.63) is 79.9 Å². The lowest BCUT2D eigenvalue weighted by atomic mass is 9.89. The van der Waals surface area contributed by atoms with E-state index in [0.717, 1.165) is 11.6 Å². The molecule has 0 radical (unpaired) electrons. The Balaban J connectivity index is 2.46. The van der Waals surface area contributed by atoms with Crippen LogP contribution >= 0.6 is 0 Å². The summed E-state index contributed by atoms with van der Waals surface area (Å²) in [4.78, 5) is 20.6. The molecular formula is C15H15N3O5. The van der Waals surface area contributed by atoms with Crippen LogP contribution in [0.2, 0.25) is 0 Å². The van der Waals surface area contributed by atoms with Crippen LogP contribution in [0, 0.1) is 20.2 Å². The van der Waals surface area contributed by atoms with Crippen LogP contribution in [0.4, 0.5) is 11.4 Å². The van der Waals surface area contributed by atoms with E-state index in [1.54, 1.807) is 12.1 Å². The van der Waals surface area contributed by atoms with Gasteiger partial charge in [0.1, 0.15) is 6.23 Å². The highest BCUT2D eigenvalue weighted by Gasteiger charge is 2.28. The summed E-state index contributed by atoms with van der Waals surface area (Å²) < 4.78 is 0. The number of non-ortho nitro benzene ring substituents is 1. The maximum atomic E-state index is 11.2. The Bertz CT molecular complexity index is 718. The Hall–Kier alpha value is -2.84. The molecule has 2 aromatic carbocycles. The second kappa shape index (κ2) is 6.95. The van der Waals surface area contributed by atoms with Crippen molar-refractivity contribution in [2.45, 2.75) is 18.6 Å². The molecule has 2 unspecified atom stereocenters.